The van der Waals surface area contributed by atoms with E-state index in [9.17, 15) is 17.9 Å². The number of hydrogen-bond acceptors (Lipinski definition) is 3. The van der Waals surface area contributed by atoms with Gasteiger partial charge < -0.3 is 5.11 Å². The summed E-state index contributed by atoms with van der Waals surface area (Å²) in [6.07, 6.45) is 0.0356. The van der Waals surface area contributed by atoms with E-state index in [-0.39, 0.29) is 16.9 Å². The minimum atomic E-state index is -3.62. The molecule has 1 unspecified atom stereocenters. The zero-order chi connectivity index (χ0) is 12.1. The molecule has 0 bridgehead atoms. The molecule has 88 valence electrons. The van der Waals surface area contributed by atoms with Crippen LogP contribution in [-0.2, 0) is 16.3 Å². The molecule has 1 atom stereocenters. The van der Waals surface area contributed by atoms with Crippen molar-refractivity contribution in [1.82, 2.24) is 0 Å². The van der Waals surface area contributed by atoms with Gasteiger partial charge in [0.1, 0.15) is 5.82 Å². The van der Waals surface area contributed by atoms with Gasteiger partial charge >= 0.3 is 0 Å². The van der Waals surface area contributed by atoms with E-state index in [0.717, 1.165) is 0 Å². The molecule has 1 aliphatic rings. The maximum Gasteiger partial charge on any atom is 0.184 e. The molecule has 0 radical (unpaired) electrons. The molecule has 1 N–H and O–H groups in total. The van der Waals surface area contributed by atoms with Gasteiger partial charge in [0, 0.05) is 5.56 Å². The smallest absolute Gasteiger partial charge is 0.184 e. The number of benzene rings is 1. The number of fused-ring (bicyclic) bond motifs is 1. The minimum absolute atomic E-state index is 0.0135. The van der Waals surface area contributed by atoms with E-state index >= 15 is 0 Å². The first kappa shape index (κ1) is 11.5. The molecule has 0 amide bonds. The van der Waals surface area contributed by atoms with Crippen molar-refractivity contribution in [3.63, 3.8) is 0 Å². The zero-order valence-electron chi connectivity index (χ0n) is 9.07. The van der Waals surface area contributed by atoms with Crippen LogP contribution >= 0.6 is 0 Å². The summed E-state index contributed by atoms with van der Waals surface area (Å²) in [7, 11) is -3.62. The van der Waals surface area contributed by atoms with Crippen molar-refractivity contribution >= 4 is 9.84 Å². The maximum absolute atomic E-state index is 13.4. The lowest BCUT2D eigenvalue weighted by molar-refractivity contribution is 0.0759. The highest BCUT2D eigenvalue weighted by molar-refractivity contribution is 7.92. The van der Waals surface area contributed by atoms with Gasteiger partial charge in [-0.2, -0.15) is 0 Å². The SMILES string of the molecule is CC(C)(O)C1Cc2c(F)cccc2S1(=O)=O. The van der Waals surface area contributed by atoms with Gasteiger partial charge in [0.25, 0.3) is 0 Å². The highest BCUT2D eigenvalue weighted by Crippen LogP contribution is 2.37. The van der Waals surface area contributed by atoms with Gasteiger partial charge in [0.2, 0.25) is 0 Å². The Kier molecular flexibility index (Phi) is 2.36. The van der Waals surface area contributed by atoms with Crippen molar-refractivity contribution in [2.75, 3.05) is 0 Å². The van der Waals surface area contributed by atoms with E-state index in [2.05, 4.69) is 0 Å². The van der Waals surface area contributed by atoms with Crippen LogP contribution in [0, 0.1) is 5.82 Å². The summed E-state index contributed by atoms with van der Waals surface area (Å²) in [5.74, 6) is -0.521. The molecule has 16 heavy (non-hydrogen) atoms. The summed E-state index contributed by atoms with van der Waals surface area (Å²) < 4.78 is 37.6. The normalized spacial score (nSPS) is 23.1. The van der Waals surface area contributed by atoms with E-state index < -0.39 is 26.5 Å². The molecule has 0 fully saturated rings. The average Bonchev–Trinajstić information content (AvgIpc) is 2.39. The number of halogens is 1. The highest BCUT2D eigenvalue weighted by Gasteiger charge is 2.46. The lowest BCUT2D eigenvalue weighted by Crippen LogP contribution is -2.40. The number of sulfone groups is 1. The molecule has 2 rings (SSSR count). The van der Waals surface area contributed by atoms with Crippen LogP contribution in [0.4, 0.5) is 4.39 Å². The Hall–Kier alpha value is -0.940. The Balaban J connectivity index is 2.64. The average molecular weight is 244 g/mol. The van der Waals surface area contributed by atoms with Crippen molar-refractivity contribution < 1.29 is 17.9 Å². The number of aliphatic hydroxyl groups is 1. The molecular weight excluding hydrogens is 231 g/mol. The van der Waals surface area contributed by atoms with Crippen LogP contribution in [0.3, 0.4) is 0 Å². The topological polar surface area (TPSA) is 54.4 Å². The van der Waals surface area contributed by atoms with Gasteiger partial charge in [0.05, 0.1) is 15.7 Å². The summed E-state index contributed by atoms with van der Waals surface area (Å²) in [5, 5.41) is 8.85. The molecule has 0 saturated carbocycles. The fourth-order valence-electron chi connectivity index (χ4n) is 2.08. The van der Waals surface area contributed by atoms with E-state index in [1.807, 2.05) is 0 Å². The van der Waals surface area contributed by atoms with Crippen LogP contribution in [0.1, 0.15) is 19.4 Å². The van der Waals surface area contributed by atoms with Gasteiger partial charge in [-0.15, -0.1) is 0 Å². The predicted molar refractivity (Wildman–Crippen MR) is 57.4 cm³/mol. The summed E-state index contributed by atoms with van der Waals surface area (Å²) in [6, 6.07) is 4.00. The first-order chi connectivity index (χ1) is 7.24. The summed E-state index contributed by atoms with van der Waals surface area (Å²) >= 11 is 0. The largest absolute Gasteiger partial charge is 0.389 e. The Morgan fingerprint density at radius 2 is 2.06 bits per heavy atom. The van der Waals surface area contributed by atoms with Crippen LogP contribution in [0.15, 0.2) is 23.1 Å². The summed E-state index contributed by atoms with van der Waals surface area (Å²) in [5.41, 5.74) is -1.18. The molecule has 1 aliphatic heterocycles. The number of hydrogen-bond donors (Lipinski definition) is 1. The fraction of sp³-hybridized carbons (Fsp3) is 0.455. The quantitative estimate of drug-likeness (QED) is 0.810. The van der Waals surface area contributed by atoms with Gasteiger partial charge in [0.15, 0.2) is 9.84 Å². The van der Waals surface area contributed by atoms with Gasteiger partial charge in [-0.25, -0.2) is 12.8 Å². The second kappa shape index (κ2) is 3.28. The molecule has 1 heterocycles. The van der Waals surface area contributed by atoms with Crippen LogP contribution in [-0.4, -0.2) is 24.4 Å². The maximum atomic E-state index is 13.4. The van der Waals surface area contributed by atoms with Crippen LogP contribution in [0.2, 0.25) is 0 Å². The molecule has 5 heteroatoms. The Labute approximate surface area is 93.8 Å². The lowest BCUT2D eigenvalue weighted by atomic mass is 9.98. The van der Waals surface area contributed by atoms with Gasteiger partial charge in [-0.3, -0.25) is 0 Å². The molecule has 0 aromatic heterocycles. The third kappa shape index (κ3) is 1.55. The van der Waals surface area contributed by atoms with Crippen LogP contribution < -0.4 is 0 Å². The highest BCUT2D eigenvalue weighted by atomic mass is 32.2. The first-order valence-corrected chi connectivity index (χ1v) is 6.53. The third-order valence-electron chi connectivity index (χ3n) is 2.93. The molecule has 0 spiro atoms. The lowest BCUT2D eigenvalue weighted by Gasteiger charge is -2.24. The van der Waals surface area contributed by atoms with Crippen molar-refractivity contribution in [2.24, 2.45) is 0 Å². The van der Waals surface area contributed by atoms with Crippen molar-refractivity contribution in [1.29, 1.82) is 0 Å². The Morgan fingerprint density at radius 1 is 1.44 bits per heavy atom. The zero-order valence-corrected chi connectivity index (χ0v) is 9.88. The summed E-state index contributed by atoms with van der Waals surface area (Å²) in [4.78, 5) is 0.0135. The summed E-state index contributed by atoms with van der Waals surface area (Å²) in [6.45, 7) is 2.86. The molecule has 0 aliphatic carbocycles. The fourth-order valence-corrected chi connectivity index (χ4v) is 4.33. The third-order valence-corrected chi connectivity index (χ3v) is 5.42. The van der Waals surface area contributed by atoms with Crippen molar-refractivity contribution in [3.8, 4) is 0 Å². The monoisotopic (exact) mass is 244 g/mol. The second-order valence-electron chi connectivity index (χ2n) is 4.61. The van der Waals surface area contributed by atoms with Crippen LogP contribution in [0.5, 0.6) is 0 Å². The molecule has 3 nitrogen and oxygen atoms in total. The number of rotatable bonds is 1. The Morgan fingerprint density at radius 3 is 2.56 bits per heavy atom. The van der Waals surface area contributed by atoms with Crippen LogP contribution in [0.25, 0.3) is 0 Å². The molecule has 1 aromatic carbocycles. The minimum Gasteiger partial charge on any atom is -0.389 e. The van der Waals surface area contributed by atoms with Crippen molar-refractivity contribution in [3.05, 3.63) is 29.6 Å². The first-order valence-electron chi connectivity index (χ1n) is 4.98. The predicted octanol–water partition coefficient (Wildman–Crippen LogP) is 1.30. The van der Waals surface area contributed by atoms with E-state index in [4.69, 9.17) is 0 Å². The molecular formula is C11H13FO3S. The molecule has 1 aromatic rings. The van der Waals surface area contributed by atoms with E-state index in [0.29, 0.717) is 0 Å². The second-order valence-corrected chi connectivity index (χ2v) is 6.71. The van der Waals surface area contributed by atoms with E-state index in [1.165, 1.54) is 32.0 Å². The van der Waals surface area contributed by atoms with Gasteiger partial charge in [-0.1, -0.05) is 6.07 Å². The van der Waals surface area contributed by atoms with Gasteiger partial charge in [-0.05, 0) is 32.4 Å². The standard InChI is InChI=1S/C11H13FO3S/c1-11(2,13)10-6-7-8(12)4-3-5-9(7)16(10,14)15/h3-5,10,13H,6H2,1-2H3. The van der Waals surface area contributed by atoms with Crippen molar-refractivity contribution in [2.45, 2.75) is 36.0 Å². The van der Waals surface area contributed by atoms with E-state index in [1.54, 1.807) is 0 Å². The molecule has 0 saturated heterocycles. The Bertz CT molecular complexity index is 529.